The Morgan fingerprint density at radius 2 is 1.94 bits per heavy atom. The van der Waals surface area contributed by atoms with E-state index in [4.69, 9.17) is 11.6 Å². The molecule has 0 saturated carbocycles. The molecule has 5 heteroatoms. The normalized spacial score (nSPS) is 11.6. The predicted octanol–water partition coefficient (Wildman–Crippen LogP) is 3.16. The molecule has 0 aliphatic heterocycles. The maximum atomic E-state index is 13.7. The zero-order valence-corrected chi connectivity index (χ0v) is 10.7. The van der Waals surface area contributed by atoms with Gasteiger partial charge in [-0.25, -0.2) is 9.37 Å². The first-order valence-corrected chi connectivity index (χ1v) is 5.76. The number of aromatic nitrogens is 2. The van der Waals surface area contributed by atoms with Crippen molar-refractivity contribution in [3.63, 3.8) is 0 Å². The summed E-state index contributed by atoms with van der Waals surface area (Å²) in [7, 11) is 0. The number of aliphatic hydroxyl groups is 1. The van der Waals surface area contributed by atoms with Crippen LogP contribution in [0.3, 0.4) is 0 Å². The van der Waals surface area contributed by atoms with Crippen LogP contribution in [0.4, 0.5) is 4.39 Å². The highest BCUT2D eigenvalue weighted by Gasteiger charge is 2.16. The summed E-state index contributed by atoms with van der Waals surface area (Å²) in [5, 5.41) is 9.90. The molecule has 0 atom stereocenters. The first-order valence-electron chi connectivity index (χ1n) is 5.38. The zero-order valence-electron chi connectivity index (χ0n) is 9.98. The van der Waals surface area contributed by atoms with Crippen LogP contribution in [-0.2, 0) is 5.60 Å². The van der Waals surface area contributed by atoms with E-state index < -0.39 is 11.4 Å². The van der Waals surface area contributed by atoms with Crippen LogP contribution in [0.1, 0.15) is 19.4 Å². The lowest BCUT2D eigenvalue weighted by molar-refractivity contribution is 0.0782. The third-order valence-corrected chi connectivity index (χ3v) is 2.77. The van der Waals surface area contributed by atoms with Gasteiger partial charge in [0.1, 0.15) is 11.0 Å². The van der Waals surface area contributed by atoms with Crippen LogP contribution >= 0.6 is 11.6 Å². The number of nitrogens with zero attached hydrogens (tertiary/aromatic N) is 2. The molecule has 3 nitrogen and oxygen atoms in total. The molecule has 0 fully saturated rings. The van der Waals surface area contributed by atoms with Gasteiger partial charge in [0.05, 0.1) is 16.9 Å². The lowest BCUT2D eigenvalue weighted by Crippen LogP contribution is -2.15. The van der Waals surface area contributed by atoms with Crippen molar-refractivity contribution >= 4 is 11.6 Å². The minimum absolute atomic E-state index is 0.101. The van der Waals surface area contributed by atoms with Crippen LogP contribution in [0, 0.1) is 5.82 Å². The van der Waals surface area contributed by atoms with Crippen molar-refractivity contribution in [2.24, 2.45) is 0 Å². The van der Waals surface area contributed by atoms with Crippen molar-refractivity contribution < 1.29 is 9.50 Å². The van der Waals surface area contributed by atoms with Crippen molar-refractivity contribution in [3.05, 3.63) is 47.1 Å². The summed E-state index contributed by atoms with van der Waals surface area (Å²) in [5.41, 5.74) is 0.419. The maximum absolute atomic E-state index is 13.7. The van der Waals surface area contributed by atoms with E-state index >= 15 is 0 Å². The van der Waals surface area contributed by atoms with E-state index in [0.29, 0.717) is 11.3 Å². The van der Waals surface area contributed by atoms with Gasteiger partial charge in [-0.05, 0) is 19.9 Å². The van der Waals surface area contributed by atoms with Crippen LogP contribution in [0.15, 0.2) is 30.6 Å². The first kappa shape index (κ1) is 12.9. The average molecular weight is 267 g/mol. The molecule has 18 heavy (non-hydrogen) atoms. The molecule has 2 aromatic heterocycles. The maximum Gasteiger partial charge on any atom is 0.137 e. The highest BCUT2D eigenvalue weighted by molar-refractivity contribution is 6.29. The van der Waals surface area contributed by atoms with Gasteiger partial charge in [-0.15, -0.1) is 0 Å². The molecule has 2 heterocycles. The van der Waals surface area contributed by atoms with Crippen LogP contribution in [-0.4, -0.2) is 15.1 Å². The number of pyridine rings is 2. The van der Waals surface area contributed by atoms with Crippen LogP contribution < -0.4 is 0 Å². The third kappa shape index (κ3) is 2.66. The molecule has 0 aliphatic carbocycles. The summed E-state index contributed by atoms with van der Waals surface area (Å²) in [6.45, 7) is 3.32. The molecule has 0 spiro atoms. The van der Waals surface area contributed by atoms with Crippen molar-refractivity contribution in [1.29, 1.82) is 0 Å². The van der Waals surface area contributed by atoms with Crippen LogP contribution in [0.25, 0.3) is 11.3 Å². The summed E-state index contributed by atoms with van der Waals surface area (Å²) < 4.78 is 13.7. The smallest absolute Gasteiger partial charge is 0.137 e. The van der Waals surface area contributed by atoms with Crippen molar-refractivity contribution in [2.45, 2.75) is 19.4 Å². The van der Waals surface area contributed by atoms with Crippen molar-refractivity contribution in [2.75, 3.05) is 0 Å². The van der Waals surface area contributed by atoms with Gasteiger partial charge in [-0.3, -0.25) is 4.98 Å². The summed E-state index contributed by atoms with van der Waals surface area (Å²) >= 11 is 5.58. The van der Waals surface area contributed by atoms with E-state index in [0.717, 1.165) is 6.07 Å². The molecule has 0 bridgehead atoms. The third-order valence-electron chi connectivity index (χ3n) is 2.57. The molecule has 0 aromatic carbocycles. The first-order chi connectivity index (χ1) is 8.38. The molecule has 0 aliphatic rings. The fourth-order valence-electron chi connectivity index (χ4n) is 1.51. The molecule has 0 radical (unpaired) electrons. The summed E-state index contributed by atoms with van der Waals surface area (Å²) in [4.78, 5) is 7.95. The second kappa shape index (κ2) is 4.63. The van der Waals surface area contributed by atoms with E-state index in [-0.39, 0.29) is 10.7 Å². The zero-order chi connectivity index (χ0) is 13.3. The van der Waals surface area contributed by atoms with Crippen molar-refractivity contribution in [3.8, 4) is 11.3 Å². The number of hydrogen-bond acceptors (Lipinski definition) is 3. The lowest BCUT2D eigenvalue weighted by atomic mass is 10.00. The minimum atomic E-state index is -0.970. The molecule has 2 rings (SSSR count). The SMILES string of the molecule is CC(C)(O)c1ccc(-c2cnc(Cl)cc2F)nc1. The van der Waals surface area contributed by atoms with E-state index in [9.17, 15) is 9.50 Å². The van der Waals surface area contributed by atoms with E-state index in [1.54, 1.807) is 26.0 Å². The Labute approximate surface area is 109 Å². The van der Waals surface area contributed by atoms with Gasteiger partial charge in [0.25, 0.3) is 0 Å². The Kier molecular flexibility index (Phi) is 3.32. The highest BCUT2D eigenvalue weighted by Crippen LogP contribution is 2.24. The average Bonchev–Trinajstić information content (AvgIpc) is 2.28. The predicted molar refractivity (Wildman–Crippen MR) is 67.7 cm³/mol. The molecule has 0 amide bonds. The van der Waals surface area contributed by atoms with Crippen LogP contribution in [0.5, 0.6) is 0 Å². The number of hydrogen-bond donors (Lipinski definition) is 1. The summed E-state index contributed by atoms with van der Waals surface area (Å²) in [6.07, 6.45) is 2.85. The number of halogens is 2. The van der Waals surface area contributed by atoms with E-state index in [1.807, 2.05) is 0 Å². The van der Waals surface area contributed by atoms with Gasteiger partial charge >= 0.3 is 0 Å². The quantitative estimate of drug-likeness (QED) is 0.850. The van der Waals surface area contributed by atoms with Crippen LogP contribution in [0.2, 0.25) is 5.15 Å². The van der Waals surface area contributed by atoms with Gasteiger partial charge in [0.15, 0.2) is 0 Å². The molecule has 0 saturated heterocycles. The van der Waals surface area contributed by atoms with Gasteiger partial charge < -0.3 is 5.11 Å². The summed E-state index contributed by atoms with van der Waals surface area (Å²) in [6, 6.07) is 4.49. The molecule has 2 aromatic rings. The van der Waals surface area contributed by atoms with Gasteiger partial charge in [-0.1, -0.05) is 17.7 Å². The highest BCUT2D eigenvalue weighted by atomic mass is 35.5. The Morgan fingerprint density at radius 3 is 2.44 bits per heavy atom. The van der Waals surface area contributed by atoms with E-state index in [2.05, 4.69) is 9.97 Å². The van der Waals surface area contributed by atoms with Gasteiger partial charge in [-0.2, -0.15) is 0 Å². The largest absolute Gasteiger partial charge is 0.386 e. The molecule has 1 N–H and O–H groups in total. The van der Waals surface area contributed by atoms with E-state index in [1.165, 1.54) is 12.4 Å². The second-order valence-corrected chi connectivity index (χ2v) is 4.87. The summed E-state index contributed by atoms with van der Waals surface area (Å²) in [5.74, 6) is -0.474. The topological polar surface area (TPSA) is 46.0 Å². The van der Waals surface area contributed by atoms with Gasteiger partial charge in [0, 0.05) is 24.0 Å². The molecular weight excluding hydrogens is 255 g/mol. The molecule has 0 unspecified atom stereocenters. The fourth-order valence-corrected chi connectivity index (χ4v) is 1.66. The van der Waals surface area contributed by atoms with Gasteiger partial charge in [0.2, 0.25) is 0 Å². The number of rotatable bonds is 2. The molecule has 94 valence electrons. The monoisotopic (exact) mass is 266 g/mol. The lowest BCUT2D eigenvalue weighted by Gasteiger charge is -2.17. The second-order valence-electron chi connectivity index (χ2n) is 4.48. The minimum Gasteiger partial charge on any atom is -0.386 e. The van der Waals surface area contributed by atoms with Crippen molar-refractivity contribution in [1.82, 2.24) is 9.97 Å². The fraction of sp³-hybridized carbons (Fsp3) is 0.231. The standard InChI is InChI=1S/C13H12ClFN2O/c1-13(2,18)8-3-4-11(16-6-8)9-7-17-12(14)5-10(9)15/h3-7,18H,1-2H3. The Balaban J connectivity index is 2.41. The molecular formula is C13H12ClFN2O. The Morgan fingerprint density at radius 1 is 1.22 bits per heavy atom. The Bertz CT molecular complexity index is 564. The Hall–Kier alpha value is -1.52.